The molecule has 0 unspecified atom stereocenters. The molecular formula is C57H41NS. The summed E-state index contributed by atoms with van der Waals surface area (Å²) in [7, 11) is 0. The highest BCUT2D eigenvalue weighted by atomic mass is 32.1. The molecule has 0 fully saturated rings. The highest BCUT2D eigenvalue weighted by Gasteiger charge is 2.38. The number of rotatable bonds is 7. The molecule has 0 amide bonds. The topological polar surface area (TPSA) is 3.24 Å². The molecule has 59 heavy (non-hydrogen) atoms. The van der Waals surface area contributed by atoms with E-state index in [0.717, 1.165) is 17.1 Å². The molecule has 1 aliphatic rings. The van der Waals surface area contributed by atoms with Crippen LogP contribution in [0.5, 0.6) is 0 Å². The Morgan fingerprint density at radius 2 is 0.847 bits per heavy atom. The molecule has 280 valence electrons. The van der Waals surface area contributed by atoms with Gasteiger partial charge in [0, 0.05) is 36.7 Å². The molecule has 10 aromatic rings. The monoisotopic (exact) mass is 771 g/mol. The van der Waals surface area contributed by atoms with Crippen LogP contribution in [-0.4, -0.2) is 0 Å². The van der Waals surface area contributed by atoms with E-state index in [1.165, 1.54) is 86.9 Å². The van der Waals surface area contributed by atoms with Crippen LogP contribution in [0.3, 0.4) is 0 Å². The van der Waals surface area contributed by atoms with Crippen molar-refractivity contribution in [2.45, 2.75) is 19.3 Å². The van der Waals surface area contributed by atoms with Gasteiger partial charge in [0.1, 0.15) is 0 Å². The molecule has 0 atom stereocenters. The maximum absolute atomic E-state index is 2.58. The zero-order valence-corrected chi connectivity index (χ0v) is 33.9. The smallest absolute Gasteiger partial charge is 0.0555 e. The van der Waals surface area contributed by atoms with Crippen molar-refractivity contribution < 1.29 is 0 Å². The van der Waals surface area contributed by atoms with Gasteiger partial charge >= 0.3 is 0 Å². The Labute approximate surface area is 350 Å². The maximum atomic E-state index is 2.58. The van der Waals surface area contributed by atoms with Gasteiger partial charge in [-0.25, -0.2) is 0 Å². The number of anilines is 3. The Kier molecular flexibility index (Phi) is 8.43. The number of para-hydroxylation sites is 1. The number of nitrogens with zero attached hydrogens (tertiary/aromatic N) is 1. The van der Waals surface area contributed by atoms with Crippen LogP contribution in [0.2, 0.25) is 0 Å². The van der Waals surface area contributed by atoms with Crippen LogP contribution >= 0.6 is 11.3 Å². The van der Waals surface area contributed by atoms with Crippen molar-refractivity contribution in [3.8, 4) is 55.6 Å². The van der Waals surface area contributed by atoms with Crippen molar-refractivity contribution in [1.82, 2.24) is 0 Å². The number of fused-ring (bicyclic) bond motifs is 6. The van der Waals surface area contributed by atoms with Crippen LogP contribution < -0.4 is 4.90 Å². The highest BCUT2D eigenvalue weighted by molar-refractivity contribution is 7.26. The second kappa shape index (κ2) is 14.1. The summed E-state index contributed by atoms with van der Waals surface area (Å²) >= 11 is 1.87. The van der Waals surface area contributed by atoms with Gasteiger partial charge in [-0.3, -0.25) is 0 Å². The van der Waals surface area contributed by atoms with Gasteiger partial charge in [-0.05, 0) is 86.0 Å². The molecule has 9 aromatic carbocycles. The van der Waals surface area contributed by atoms with Crippen molar-refractivity contribution in [2.75, 3.05) is 4.90 Å². The van der Waals surface area contributed by atoms with Crippen molar-refractivity contribution in [1.29, 1.82) is 0 Å². The van der Waals surface area contributed by atoms with Gasteiger partial charge in [0.15, 0.2) is 0 Å². The highest BCUT2D eigenvalue weighted by Crippen LogP contribution is 2.56. The second-order valence-corrected chi connectivity index (χ2v) is 17.1. The van der Waals surface area contributed by atoms with E-state index < -0.39 is 0 Å². The summed E-state index contributed by atoms with van der Waals surface area (Å²) in [4.78, 5) is 2.58. The Morgan fingerprint density at radius 3 is 1.63 bits per heavy atom. The minimum Gasteiger partial charge on any atom is -0.309 e. The van der Waals surface area contributed by atoms with Crippen molar-refractivity contribution >= 4 is 48.6 Å². The van der Waals surface area contributed by atoms with Crippen LogP contribution in [0.1, 0.15) is 25.0 Å². The predicted octanol–water partition coefficient (Wildman–Crippen LogP) is 16.5. The van der Waals surface area contributed by atoms with Crippen molar-refractivity contribution in [2.24, 2.45) is 0 Å². The second-order valence-electron chi connectivity index (χ2n) is 16.0. The summed E-state index contributed by atoms with van der Waals surface area (Å²) in [6, 6.07) is 78.2. The first-order chi connectivity index (χ1) is 29.1. The minimum atomic E-state index is -0.183. The summed E-state index contributed by atoms with van der Waals surface area (Å²) < 4.78 is 2.56. The number of hydrogen-bond acceptors (Lipinski definition) is 2. The van der Waals surface area contributed by atoms with Gasteiger partial charge < -0.3 is 4.90 Å². The van der Waals surface area contributed by atoms with Gasteiger partial charge in [-0.15, -0.1) is 11.3 Å². The summed E-state index contributed by atoms with van der Waals surface area (Å²) in [5.74, 6) is 0. The minimum absolute atomic E-state index is 0.183. The van der Waals surface area contributed by atoms with E-state index in [9.17, 15) is 0 Å². The fourth-order valence-electron chi connectivity index (χ4n) is 9.74. The van der Waals surface area contributed by atoms with E-state index >= 15 is 0 Å². The molecular weight excluding hydrogens is 731 g/mol. The molecule has 0 saturated carbocycles. The van der Waals surface area contributed by atoms with Gasteiger partial charge in [-0.2, -0.15) is 0 Å². The van der Waals surface area contributed by atoms with E-state index in [1.54, 1.807) is 0 Å². The first-order valence-electron chi connectivity index (χ1n) is 20.4. The molecule has 0 saturated heterocycles. The zero-order chi connectivity index (χ0) is 39.5. The van der Waals surface area contributed by atoms with Crippen molar-refractivity contribution in [3.05, 3.63) is 223 Å². The van der Waals surface area contributed by atoms with Crippen LogP contribution in [0.15, 0.2) is 212 Å². The molecule has 2 heteroatoms. The van der Waals surface area contributed by atoms with Gasteiger partial charge in [0.05, 0.1) is 17.1 Å². The van der Waals surface area contributed by atoms with E-state index in [0.29, 0.717) is 0 Å². The third-order valence-corrected chi connectivity index (χ3v) is 13.4. The first-order valence-corrected chi connectivity index (χ1v) is 21.3. The Balaban J connectivity index is 1.27. The summed E-state index contributed by atoms with van der Waals surface area (Å²) in [6.45, 7) is 4.78. The lowest BCUT2D eigenvalue weighted by Crippen LogP contribution is -2.17. The zero-order valence-electron chi connectivity index (χ0n) is 33.1. The molecule has 0 aliphatic heterocycles. The average molecular weight is 772 g/mol. The van der Waals surface area contributed by atoms with Crippen LogP contribution in [0, 0.1) is 0 Å². The van der Waals surface area contributed by atoms with Crippen LogP contribution in [0.4, 0.5) is 17.1 Å². The normalized spacial score (nSPS) is 12.7. The first kappa shape index (κ1) is 35.2. The molecule has 1 nitrogen and oxygen atoms in total. The molecule has 0 bridgehead atoms. The summed E-state index contributed by atoms with van der Waals surface area (Å²) in [5, 5.41) is 2.54. The number of thiophene rings is 1. The molecule has 0 N–H and O–H groups in total. The van der Waals surface area contributed by atoms with E-state index in [2.05, 4.69) is 231 Å². The quantitative estimate of drug-likeness (QED) is 0.156. The molecule has 0 radical (unpaired) electrons. The Hall–Kier alpha value is -7.00. The van der Waals surface area contributed by atoms with E-state index in [1.807, 2.05) is 11.3 Å². The standard InChI is InChI=1S/C57H41NS/c1-57(2)48-32-14-11-25-42(48)45-30-17-31-46(56(45)57)43-26-12-15-33-49(43)58(51-35-19-37-53-55(51)47-28-13-16-36-52(47)59-53)50-34-18-29-41(39-22-7-4-8-23-39)54(50)44-27-10-9-24-40(44)38-20-5-3-6-21-38/h3-37H,1-2H3. The number of hydrogen-bond donors (Lipinski definition) is 0. The third-order valence-electron chi connectivity index (χ3n) is 12.3. The Morgan fingerprint density at radius 1 is 0.356 bits per heavy atom. The SMILES string of the molecule is CC1(C)c2ccccc2-c2cccc(-c3ccccc3N(c3cccc(-c4ccccc4)c3-c3ccccc3-c3ccccc3)c3cccc4sc5ccccc5c34)c21. The lowest BCUT2D eigenvalue weighted by atomic mass is 9.78. The van der Waals surface area contributed by atoms with E-state index in [-0.39, 0.29) is 5.41 Å². The molecule has 1 aliphatic carbocycles. The van der Waals surface area contributed by atoms with Gasteiger partial charge in [-0.1, -0.05) is 196 Å². The van der Waals surface area contributed by atoms with Gasteiger partial charge in [0.25, 0.3) is 0 Å². The maximum Gasteiger partial charge on any atom is 0.0555 e. The average Bonchev–Trinajstić information content (AvgIpc) is 3.80. The lowest BCUT2D eigenvalue weighted by Gasteiger charge is -2.33. The third kappa shape index (κ3) is 5.67. The largest absolute Gasteiger partial charge is 0.309 e. The van der Waals surface area contributed by atoms with Crippen LogP contribution in [-0.2, 0) is 5.41 Å². The predicted molar refractivity (Wildman–Crippen MR) is 253 cm³/mol. The van der Waals surface area contributed by atoms with E-state index in [4.69, 9.17) is 0 Å². The van der Waals surface area contributed by atoms with Crippen LogP contribution in [0.25, 0.3) is 75.8 Å². The Bertz CT molecular complexity index is 3190. The fraction of sp³-hybridized carbons (Fsp3) is 0.0526. The molecule has 0 spiro atoms. The summed E-state index contributed by atoms with van der Waals surface area (Å²) in [5.41, 5.74) is 18.2. The number of benzene rings is 9. The fourth-order valence-corrected chi connectivity index (χ4v) is 10.9. The van der Waals surface area contributed by atoms with Gasteiger partial charge in [0.2, 0.25) is 0 Å². The van der Waals surface area contributed by atoms with Crippen molar-refractivity contribution in [3.63, 3.8) is 0 Å². The summed E-state index contributed by atoms with van der Waals surface area (Å²) in [6.07, 6.45) is 0. The lowest BCUT2D eigenvalue weighted by molar-refractivity contribution is 0.662. The molecule has 1 aromatic heterocycles. The molecule has 11 rings (SSSR count). The molecule has 1 heterocycles.